The van der Waals surface area contributed by atoms with Gasteiger partial charge in [-0.05, 0) is 26.1 Å². The molecule has 3 aromatic heterocycles. The zero-order valence-corrected chi connectivity index (χ0v) is 13.8. The van der Waals surface area contributed by atoms with E-state index in [2.05, 4.69) is 32.4 Å². The van der Waals surface area contributed by atoms with Gasteiger partial charge in [0.2, 0.25) is 0 Å². The molecule has 7 nitrogen and oxygen atoms in total. The molecule has 0 aliphatic carbocycles. The molecule has 3 aromatic rings. The summed E-state index contributed by atoms with van der Waals surface area (Å²) in [6.45, 7) is 4.77. The molecule has 1 N–H and O–H groups in total. The predicted molar refractivity (Wildman–Crippen MR) is 86.1 cm³/mol. The van der Waals surface area contributed by atoms with Crippen molar-refractivity contribution in [1.82, 2.24) is 25.3 Å². The molecule has 0 bridgehead atoms. The number of furan rings is 1. The van der Waals surface area contributed by atoms with Crippen molar-refractivity contribution < 1.29 is 8.94 Å². The van der Waals surface area contributed by atoms with Crippen LogP contribution in [0.3, 0.4) is 0 Å². The van der Waals surface area contributed by atoms with E-state index in [-0.39, 0.29) is 6.04 Å². The molecule has 8 heteroatoms. The van der Waals surface area contributed by atoms with Gasteiger partial charge in [0, 0.05) is 24.5 Å². The van der Waals surface area contributed by atoms with Gasteiger partial charge in [-0.15, -0.1) is 11.3 Å². The average Bonchev–Trinajstić information content (AvgIpc) is 3.27. The van der Waals surface area contributed by atoms with Crippen LogP contribution in [0.2, 0.25) is 0 Å². The van der Waals surface area contributed by atoms with Gasteiger partial charge in [-0.3, -0.25) is 4.90 Å². The Morgan fingerprint density at radius 3 is 3.09 bits per heavy atom. The number of hydrogen-bond donors (Lipinski definition) is 1. The highest BCUT2D eigenvalue weighted by Crippen LogP contribution is 2.33. The lowest BCUT2D eigenvalue weighted by Crippen LogP contribution is -2.44. The molecule has 1 fully saturated rings. The molecule has 0 spiro atoms. The van der Waals surface area contributed by atoms with Crippen LogP contribution in [0.25, 0.3) is 22.4 Å². The molecule has 1 aliphatic heterocycles. The van der Waals surface area contributed by atoms with Crippen LogP contribution < -0.4 is 5.32 Å². The van der Waals surface area contributed by atoms with Crippen LogP contribution in [-0.2, 0) is 0 Å². The monoisotopic (exact) mass is 331 g/mol. The second-order valence-electron chi connectivity index (χ2n) is 5.56. The van der Waals surface area contributed by atoms with Gasteiger partial charge in [-0.2, -0.15) is 4.98 Å². The highest BCUT2D eigenvalue weighted by Gasteiger charge is 2.26. The van der Waals surface area contributed by atoms with Crippen molar-refractivity contribution in [1.29, 1.82) is 0 Å². The third-order valence-electron chi connectivity index (χ3n) is 3.98. The van der Waals surface area contributed by atoms with Crippen LogP contribution in [0, 0.1) is 6.92 Å². The van der Waals surface area contributed by atoms with E-state index in [0.717, 1.165) is 41.0 Å². The fourth-order valence-electron chi connectivity index (χ4n) is 2.66. The van der Waals surface area contributed by atoms with Crippen molar-refractivity contribution in [2.24, 2.45) is 0 Å². The van der Waals surface area contributed by atoms with E-state index in [1.807, 2.05) is 19.1 Å². The summed E-state index contributed by atoms with van der Waals surface area (Å²) in [5, 5.41) is 8.33. The largest absolute Gasteiger partial charge is 0.462 e. The van der Waals surface area contributed by atoms with Crippen LogP contribution in [0.1, 0.15) is 16.7 Å². The smallest absolute Gasteiger partial charge is 0.277 e. The van der Waals surface area contributed by atoms with Gasteiger partial charge in [0.1, 0.15) is 5.69 Å². The van der Waals surface area contributed by atoms with Crippen LogP contribution in [-0.4, -0.2) is 46.7 Å². The zero-order valence-electron chi connectivity index (χ0n) is 12.9. The number of aromatic nitrogens is 3. The first-order valence-corrected chi connectivity index (χ1v) is 8.30. The number of nitrogens with zero attached hydrogens (tertiary/aromatic N) is 4. The Morgan fingerprint density at radius 1 is 1.39 bits per heavy atom. The molecule has 0 saturated carbocycles. The third-order valence-corrected chi connectivity index (χ3v) is 4.97. The van der Waals surface area contributed by atoms with E-state index in [9.17, 15) is 0 Å². The fourth-order valence-corrected chi connectivity index (χ4v) is 3.53. The summed E-state index contributed by atoms with van der Waals surface area (Å²) >= 11 is 1.56. The molecule has 0 aromatic carbocycles. The molecule has 120 valence electrons. The highest BCUT2D eigenvalue weighted by molar-refractivity contribution is 7.15. The normalized spacial score (nSPS) is 19.3. The standard InChI is InChI=1S/C15H17N5O2S/c1-9-12(17-15(23-9)11-4-3-7-21-11)14-18-13(19-22-14)10-8-16-5-6-20(10)2/h3-4,7,10,16H,5-6,8H2,1-2H3. The Labute approximate surface area is 137 Å². The Balaban J connectivity index is 1.64. The Bertz CT molecular complexity index is 795. The second kappa shape index (κ2) is 5.88. The first kappa shape index (κ1) is 14.6. The van der Waals surface area contributed by atoms with Crippen molar-refractivity contribution in [2.45, 2.75) is 13.0 Å². The van der Waals surface area contributed by atoms with Crippen LogP contribution in [0.4, 0.5) is 0 Å². The van der Waals surface area contributed by atoms with Gasteiger partial charge >= 0.3 is 0 Å². The number of aryl methyl sites for hydroxylation is 1. The summed E-state index contributed by atoms with van der Waals surface area (Å²) in [7, 11) is 2.07. The van der Waals surface area contributed by atoms with Crippen molar-refractivity contribution in [3.63, 3.8) is 0 Å². The van der Waals surface area contributed by atoms with E-state index in [4.69, 9.17) is 8.94 Å². The Kier molecular flexibility index (Phi) is 3.72. The van der Waals surface area contributed by atoms with Crippen molar-refractivity contribution in [2.75, 3.05) is 26.7 Å². The summed E-state index contributed by atoms with van der Waals surface area (Å²) in [6.07, 6.45) is 1.64. The Morgan fingerprint density at radius 2 is 2.30 bits per heavy atom. The predicted octanol–water partition coefficient (Wildman–Crippen LogP) is 2.34. The van der Waals surface area contributed by atoms with Crippen molar-refractivity contribution in [3.8, 4) is 22.4 Å². The zero-order chi connectivity index (χ0) is 15.8. The summed E-state index contributed by atoms with van der Waals surface area (Å²) in [6, 6.07) is 3.87. The minimum atomic E-state index is 0.129. The molecule has 1 aliphatic rings. The summed E-state index contributed by atoms with van der Waals surface area (Å²) in [4.78, 5) is 12.4. The van der Waals surface area contributed by atoms with Gasteiger partial charge < -0.3 is 14.3 Å². The van der Waals surface area contributed by atoms with Gasteiger partial charge in [-0.25, -0.2) is 4.98 Å². The van der Waals surface area contributed by atoms with Crippen LogP contribution in [0.5, 0.6) is 0 Å². The van der Waals surface area contributed by atoms with Gasteiger partial charge in [0.05, 0.1) is 12.3 Å². The molecular formula is C15H17N5O2S. The lowest BCUT2D eigenvalue weighted by Gasteiger charge is -2.30. The number of piperazine rings is 1. The molecule has 4 heterocycles. The maximum Gasteiger partial charge on any atom is 0.277 e. The summed E-state index contributed by atoms with van der Waals surface area (Å²) in [5.41, 5.74) is 0.728. The number of thiazole rings is 1. The van der Waals surface area contributed by atoms with Gasteiger partial charge in [-0.1, -0.05) is 5.16 Å². The second-order valence-corrected chi connectivity index (χ2v) is 6.76. The van der Waals surface area contributed by atoms with Crippen molar-refractivity contribution >= 4 is 11.3 Å². The molecule has 4 rings (SSSR count). The van der Waals surface area contributed by atoms with Crippen LogP contribution >= 0.6 is 11.3 Å². The lowest BCUT2D eigenvalue weighted by molar-refractivity contribution is 0.190. The lowest BCUT2D eigenvalue weighted by atomic mass is 10.2. The Hall–Kier alpha value is -2.03. The maximum absolute atomic E-state index is 5.46. The number of likely N-dealkylation sites (N-methyl/N-ethyl adjacent to an activating group) is 1. The van der Waals surface area contributed by atoms with E-state index in [0.29, 0.717) is 11.7 Å². The summed E-state index contributed by atoms with van der Waals surface area (Å²) < 4.78 is 10.9. The van der Waals surface area contributed by atoms with Gasteiger partial charge in [0.25, 0.3) is 5.89 Å². The van der Waals surface area contributed by atoms with E-state index in [1.54, 1.807) is 17.6 Å². The van der Waals surface area contributed by atoms with E-state index < -0.39 is 0 Å². The number of rotatable bonds is 3. The van der Waals surface area contributed by atoms with E-state index >= 15 is 0 Å². The quantitative estimate of drug-likeness (QED) is 0.789. The molecule has 0 amide bonds. The van der Waals surface area contributed by atoms with Crippen LogP contribution in [0.15, 0.2) is 27.3 Å². The minimum Gasteiger partial charge on any atom is -0.462 e. The third kappa shape index (κ3) is 2.69. The molecule has 0 radical (unpaired) electrons. The molecule has 1 atom stereocenters. The minimum absolute atomic E-state index is 0.129. The van der Waals surface area contributed by atoms with Crippen molar-refractivity contribution in [3.05, 3.63) is 29.1 Å². The number of nitrogens with one attached hydrogen (secondary N) is 1. The first-order valence-electron chi connectivity index (χ1n) is 7.48. The highest BCUT2D eigenvalue weighted by atomic mass is 32.1. The topological polar surface area (TPSA) is 80.2 Å². The molecule has 23 heavy (non-hydrogen) atoms. The number of hydrogen-bond acceptors (Lipinski definition) is 8. The average molecular weight is 331 g/mol. The van der Waals surface area contributed by atoms with Gasteiger partial charge in [0.15, 0.2) is 16.6 Å². The molecule has 1 saturated heterocycles. The molecule has 1 unspecified atom stereocenters. The SMILES string of the molecule is Cc1sc(-c2ccco2)nc1-c1nc(C2CNCCN2C)no1. The summed E-state index contributed by atoms with van der Waals surface area (Å²) in [5.74, 6) is 1.91. The maximum atomic E-state index is 5.46. The first-order chi connectivity index (χ1) is 11.2. The fraction of sp³-hybridized carbons (Fsp3) is 0.400. The molecular weight excluding hydrogens is 314 g/mol. The van der Waals surface area contributed by atoms with E-state index in [1.165, 1.54) is 0 Å².